The van der Waals surface area contributed by atoms with Crippen molar-refractivity contribution < 1.29 is 29.1 Å². The summed E-state index contributed by atoms with van der Waals surface area (Å²) >= 11 is 0. The summed E-state index contributed by atoms with van der Waals surface area (Å²) in [5, 5.41) is 0. The van der Waals surface area contributed by atoms with Crippen LogP contribution in [0.1, 0.15) is 101 Å². The third kappa shape index (κ3) is 8.63. The van der Waals surface area contributed by atoms with Crippen LogP contribution in [0, 0.1) is 28.6 Å². The maximum Gasteiger partial charge on any atom is 0.420 e. The molecule has 0 aromatic carbocycles. The molecule has 3 atom stereocenters. The molecular weight excluding hydrogens is 372 g/mol. The van der Waals surface area contributed by atoms with Crippen molar-refractivity contribution in [2.45, 2.75) is 107 Å². The van der Waals surface area contributed by atoms with E-state index in [4.69, 9.17) is 19.6 Å². The zero-order valence-electron chi connectivity index (χ0n) is 19.9. The van der Waals surface area contributed by atoms with E-state index in [0.29, 0.717) is 6.42 Å². The normalized spacial score (nSPS) is 19.2. The van der Waals surface area contributed by atoms with Crippen LogP contribution in [-0.2, 0) is 29.1 Å². The van der Waals surface area contributed by atoms with Crippen LogP contribution >= 0.6 is 0 Å². The second-order valence-electron chi connectivity index (χ2n) is 11.1. The van der Waals surface area contributed by atoms with E-state index in [0.717, 1.165) is 32.1 Å². The van der Waals surface area contributed by atoms with Gasteiger partial charge in [-0.1, -0.05) is 81.6 Å². The maximum absolute atomic E-state index is 12.7. The molecule has 0 aromatic rings. The molecule has 170 valence electrons. The van der Waals surface area contributed by atoms with Gasteiger partial charge < -0.3 is 0 Å². The Morgan fingerprint density at radius 1 is 0.897 bits per heavy atom. The average molecular weight is 415 g/mol. The van der Waals surface area contributed by atoms with E-state index >= 15 is 0 Å². The number of carbonyl (C=O) groups is 2. The van der Waals surface area contributed by atoms with E-state index in [9.17, 15) is 9.59 Å². The van der Waals surface area contributed by atoms with Crippen molar-refractivity contribution in [1.82, 2.24) is 0 Å². The lowest BCUT2D eigenvalue weighted by atomic mass is 9.78. The molecule has 0 amide bonds. The lowest BCUT2D eigenvalue weighted by Gasteiger charge is -2.28. The highest BCUT2D eigenvalue weighted by Gasteiger charge is 2.64. The van der Waals surface area contributed by atoms with E-state index in [1.165, 1.54) is 0 Å². The second-order valence-corrected chi connectivity index (χ2v) is 11.1. The number of rotatable bonds is 10. The molecule has 1 fully saturated rings. The quantitative estimate of drug-likeness (QED) is 0.189. The zero-order chi connectivity index (χ0) is 22.5. The first-order valence-corrected chi connectivity index (χ1v) is 11.0. The highest BCUT2D eigenvalue weighted by atomic mass is 17.4. The molecule has 0 bridgehead atoms. The van der Waals surface area contributed by atoms with Gasteiger partial charge in [-0.3, -0.25) is 0 Å². The summed E-state index contributed by atoms with van der Waals surface area (Å²) in [6.07, 6.45) is 5.37. The van der Waals surface area contributed by atoms with E-state index in [1.807, 2.05) is 6.92 Å². The molecule has 6 heteroatoms. The third-order valence-corrected chi connectivity index (χ3v) is 5.36. The Kier molecular flexibility index (Phi) is 9.15. The van der Waals surface area contributed by atoms with Gasteiger partial charge in [0.15, 0.2) is 0 Å². The van der Waals surface area contributed by atoms with Crippen LogP contribution in [0.3, 0.4) is 0 Å². The minimum absolute atomic E-state index is 0.00849. The van der Waals surface area contributed by atoms with Crippen LogP contribution < -0.4 is 0 Å². The number of carbonyl (C=O) groups excluding carboxylic acids is 2. The molecule has 1 heterocycles. The fourth-order valence-electron chi connectivity index (χ4n) is 4.09. The van der Waals surface area contributed by atoms with Crippen molar-refractivity contribution in [3.05, 3.63) is 0 Å². The molecule has 6 nitrogen and oxygen atoms in total. The molecule has 29 heavy (non-hydrogen) atoms. The number of hydrogen-bond acceptors (Lipinski definition) is 6. The van der Waals surface area contributed by atoms with Crippen molar-refractivity contribution >= 4 is 11.9 Å². The van der Waals surface area contributed by atoms with Crippen LogP contribution in [0.15, 0.2) is 0 Å². The van der Waals surface area contributed by atoms with Gasteiger partial charge in [0, 0.05) is 5.92 Å². The van der Waals surface area contributed by atoms with Crippen molar-refractivity contribution in [3.63, 3.8) is 0 Å². The lowest BCUT2D eigenvalue weighted by molar-refractivity contribution is -0.269. The first kappa shape index (κ1) is 25.9. The standard InChI is InChI=1S/C23H42O6/c1-10-11-12-13-18(16(2)14-21(4,5)6)19(24)26-27-20(25)23(28-29-23)17(3)15-22(7,8)9/h16-18H,10-15H2,1-9H3. The van der Waals surface area contributed by atoms with Crippen LogP contribution in [0.4, 0.5) is 0 Å². The van der Waals surface area contributed by atoms with Gasteiger partial charge in [0.1, 0.15) is 0 Å². The van der Waals surface area contributed by atoms with Gasteiger partial charge in [-0.15, -0.1) is 0 Å². The van der Waals surface area contributed by atoms with Crippen LogP contribution in [0.2, 0.25) is 0 Å². The van der Waals surface area contributed by atoms with Crippen LogP contribution in [0.25, 0.3) is 0 Å². The van der Waals surface area contributed by atoms with Gasteiger partial charge in [0.05, 0.1) is 5.92 Å². The Morgan fingerprint density at radius 2 is 1.45 bits per heavy atom. The monoisotopic (exact) mass is 414 g/mol. The molecule has 0 spiro atoms. The highest BCUT2D eigenvalue weighted by Crippen LogP contribution is 2.44. The molecule has 1 saturated heterocycles. The number of unbranched alkanes of at least 4 members (excludes halogenated alkanes) is 2. The summed E-state index contributed by atoms with van der Waals surface area (Å²) in [4.78, 5) is 45.1. The smallest absolute Gasteiger partial charge is 0.247 e. The van der Waals surface area contributed by atoms with Gasteiger partial charge in [-0.2, -0.15) is 9.78 Å². The molecule has 1 rings (SSSR count). The van der Waals surface area contributed by atoms with Crippen molar-refractivity contribution in [3.8, 4) is 0 Å². The summed E-state index contributed by atoms with van der Waals surface area (Å²) in [6.45, 7) is 18.7. The Hall–Kier alpha value is -1.14. The predicted molar refractivity (Wildman–Crippen MR) is 111 cm³/mol. The van der Waals surface area contributed by atoms with Gasteiger partial charge >= 0.3 is 17.7 Å². The van der Waals surface area contributed by atoms with E-state index in [2.05, 4.69) is 55.4 Å². The molecule has 0 radical (unpaired) electrons. The van der Waals surface area contributed by atoms with E-state index < -0.39 is 17.7 Å². The van der Waals surface area contributed by atoms with Crippen LogP contribution in [-0.4, -0.2) is 17.7 Å². The summed E-state index contributed by atoms with van der Waals surface area (Å²) < 4.78 is 0. The lowest BCUT2D eigenvalue weighted by Crippen LogP contribution is -2.37. The SMILES string of the molecule is CCCCCC(C(=O)OOC(=O)C1(C(C)CC(C)(C)C)OO1)C(C)CC(C)(C)C. The average Bonchev–Trinajstić information content (AvgIpc) is 3.35. The summed E-state index contributed by atoms with van der Waals surface area (Å²) in [6, 6.07) is 0. The fourth-order valence-corrected chi connectivity index (χ4v) is 4.09. The molecule has 0 aliphatic carbocycles. The molecule has 1 aliphatic rings. The van der Waals surface area contributed by atoms with Crippen molar-refractivity contribution in [2.24, 2.45) is 28.6 Å². The summed E-state index contributed by atoms with van der Waals surface area (Å²) in [7, 11) is 0. The Balaban J connectivity index is 2.70. The Morgan fingerprint density at radius 3 is 1.90 bits per heavy atom. The fraction of sp³-hybridized carbons (Fsp3) is 0.913. The first-order chi connectivity index (χ1) is 13.2. The largest absolute Gasteiger partial charge is 0.420 e. The number of hydrogen-bond donors (Lipinski definition) is 0. The molecule has 1 aliphatic heterocycles. The maximum atomic E-state index is 12.7. The van der Waals surface area contributed by atoms with Crippen molar-refractivity contribution in [2.75, 3.05) is 0 Å². The summed E-state index contributed by atoms with van der Waals surface area (Å²) in [5.41, 5.74) is 0.0902. The Bertz CT molecular complexity index is 539. The van der Waals surface area contributed by atoms with Gasteiger partial charge in [0.25, 0.3) is 0 Å². The highest BCUT2D eigenvalue weighted by molar-refractivity contribution is 5.80. The molecule has 0 N–H and O–H groups in total. The Labute approximate surface area is 176 Å². The summed E-state index contributed by atoms with van der Waals surface area (Å²) in [5.74, 6) is -3.18. The molecule has 0 saturated carbocycles. The minimum atomic E-state index is -1.47. The van der Waals surface area contributed by atoms with E-state index in [1.54, 1.807) is 0 Å². The molecule has 3 unspecified atom stereocenters. The van der Waals surface area contributed by atoms with Gasteiger partial charge in [-0.05, 0) is 36.0 Å². The topological polar surface area (TPSA) is 77.7 Å². The molecular formula is C23H42O6. The predicted octanol–water partition coefficient (Wildman–Crippen LogP) is 5.99. The molecule has 0 aromatic heterocycles. The van der Waals surface area contributed by atoms with Crippen molar-refractivity contribution in [1.29, 1.82) is 0 Å². The van der Waals surface area contributed by atoms with Gasteiger partial charge in [0.2, 0.25) is 0 Å². The van der Waals surface area contributed by atoms with Gasteiger partial charge in [-0.25, -0.2) is 19.4 Å². The zero-order valence-corrected chi connectivity index (χ0v) is 19.9. The first-order valence-electron chi connectivity index (χ1n) is 11.0. The second kappa shape index (κ2) is 10.3. The van der Waals surface area contributed by atoms with E-state index in [-0.39, 0.29) is 28.6 Å². The minimum Gasteiger partial charge on any atom is -0.247 e. The third-order valence-electron chi connectivity index (χ3n) is 5.36. The van der Waals surface area contributed by atoms with Crippen LogP contribution in [0.5, 0.6) is 0 Å².